The van der Waals surface area contributed by atoms with Crippen LogP contribution >= 0.6 is 0 Å². The summed E-state index contributed by atoms with van der Waals surface area (Å²) in [6.07, 6.45) is 1.88. The van der Waals surface area contributed by atoms with Gasteiger partial charge in [0.05, 0.1) is 29.8 Å². The number of fused-ring (bicyclic) bond motifs is 1. The number of benzene rings is 2. The fourth-order valence-electron chi connectivity index (χ4n) is 3.55. The van der Waals surface area contributed by atoms with Crippen LogP contribution in [-0.4, -0.2) is 40.9 Å². The normalized spacial score (nSPS) is 14.9. The van der Waals surface area contributed by atoms with Crippen molar-refractivity contribution in [3.8, 4) is 0 Å². The van der Waals surface area contributed by atoms with Crippen LogP contribution in [0.3, 0.4) is 0 Å². The number of anilines is 2. The number of carbonyl (C=O) groups excluding carboxylic acids is 2. The Bertz CT molecular complexity index is 973. The highest BCUT2D eigenvalue weighted by Gasteiger charge is 2.38. The number of hydrogen-bond donors (Lipinski definition) is 0. The maximum Gasteiger partial charge on any atom is 0.239 e. The Hall–Kier alpha value is -3.48. The molecule has 0 N–H and O–H groups in total. The topological polar surface area (TPSA) is 71.3 Å². The minimum atomic E-state index is -0.824. The number of aromatic nitrogens is 3. The molecule has 4 rings (SSSR count). The molecule has 1 aliphatic heterocycles. The Morgan fingerprint density at radius 2 is 1.43 bits per heavy atom. The quantitative estimate of drug-likeness (QED) is 0.655. The summed E-state index contributed by atoms with van der Waals surface area (Å²) in [7, 11) is 3.42. The van der Waals surface area contributed by atoms with Crippen LogP contribution in [0.1, 0.15) is 11.3 Å². The molecule has 0 saturated carbocycles. The Morgan fingerprint density at radius 3 is 2.04 bits per heavy atom. The van der Waals surface area contributed by atoms with Gasteiger partial charge in [0, 0.05) is 20.5 Å². The van der Waals surface area contributed by atoms with Crippen molar-refractivity contribution in [3.05, 3.63) is 72.1 Å². The summed E-state index contributed by atoms with van der Waals surface area (Å²) in [5, 5.41) is 8.14. The van der Waals surface area contributed by atoms with Gasteiger partial charge >= 0.3 is 0 Å². The highest BCUT2D eigenvalue weighted by molar-refractivity contribution is 6.17. The van der Waals surface area contributed by atoms with Crippen LogP contribution in [0.2, 0.25) is 0 Å². The van der Waals surface area contributed by atoms with Crippen molar-refractivity contribution in [2.45, 2.75) is 13.0 Å². The fourth-order valence-corrected chi connectivity index (χ4v) is 3.55. The molecule has 2 aromatic carbocycles. The molecule has 7 nitrogen and oxygen atoms in total. The first-order chi connectivity index (χ1) is 13.6. The molecule has 28 heavy (non-hydrogen) atoms. The van der Waals surface area contributed by atoms with Gasteiger partial charge in [-0.25, -0.2) is 4.68 Å². The van der Waals surface area contributed by atoms with Gasteiger partial charge in [-0.1, -0.05) is 47.7 Å². The lowest BCUT2D eigenvalue weighted by Crippen LogP contribution is -2.41. The molecular formula is C21H21N5O2. The molecule has 0 fully saturated rings. The molecule has 0 atom stereocenters. The maximum absolute atomic E-state index is 13.1. The number of carbonyl (C=O) groups is 2. The van der Waals surface area contributed by atoms with Crippen LogP contribution in [-0.2, 0) is 22.6 Å². The first-order valence-electron chi connectivity index (χ1n) is 9.11. The molecule has 0 saturated heterocycles. The standard InChI is InChI=1S/C21H21N5O2/c1-24-18-10-6-7-11-19(18)25(2)21(28)17(20(24)27)12-16-13-22-23-26(16)14-15-8-4-3-5-9-15/h3-11,13,17H,12,14H2,1-2H3. The SMILES string of the molecule is CN1C(=O)C(Cc2cnnn2Cc2ccccc2)C(=O)N(C)c2ccccc21. The Balaban J connectivity index is 1.63. The van der Waals surface area contributed by atoms with E-state index in [1.165, 1.54) is 0 Å². The third-order valence-corrected chi connectivity index (χ3v) is 5.15. The van der Waals surface area contributed by atoms with E-state index in [1.54, 1.807) is 34.8 Å². The largest absolute Gasteiger partial charge is 0.313 e. The summed E-state index contributed by atoms with van der Waals surface area (Å²) in [4.78, 5) is 29.3. The Morgan fingerprint density at radius 1 is 0.857 bits per heavy atom. The van der Waals surface area contributed by atoms with Gasteiger partial charge in [0.2, 0.25) is 11.8 Å². The molecule has 1 aliphatic rings. The third kappa shape index (κ3) is 3.15. The van der Waals surface area contributed by atoms with Gasteiger partial charge in [0.15, 0.2) is 0 Å². The first kappa shape index (κ1) is 17.9. The van der Waals surface area contributed by atoms with Crippen molar-refractivity contribution in [1.29, 1.82) is 0 Å². The second-order valence-corrected chi connectivity index (χ2v) is 6.91. The number of hydrogen-bond acceptors (Lipinski definition) is 4. The van der Waals surface area contributed by atoms with Crippen LogP contribution in [0.15, 0.2) is 60.8 Å². The Labute approximate surface area is 163 Å². The summed E-state index contributed by atoms with van der Waals surface area (Å²) in [5.74, 6) is -1.28. The molecule has 2 heterocycles. The molecule has 0 spiro atoms. The Kier molecular flexibility index (Phi) is 4.65. The highest BCUT2D eigenvalue weighted by Crippen LogP contribution is 2.33. The van der Waals surface area contributed by atoms with E-state index in [0.29, 0.717) is 6.54 Å². The molecular weight excluding hydrogens is 354 g/mol. The lowest BCUT2D eigenvalue weighted by Gasteiger charge is -2.19. The smallest absolute Gasteiger partial charge is 0.239 e. The van der Waals surface area contributed by atoms with Crippen LogP contribution in [0.25, 0.3) is 0 Å². The molecule has 0 unspecified atom stereocenters. The number of rotatable bonds is 4. The summed E-state index contributed by atoms with van der Waals surface area (Å²) >= 11 is 0. The van der Waals surface area contributed by atoms with E-state index in [2.05, 4.69) is 10.3 Å². The van der Waals surface area contributed by atoms with E-state index >= 15 is 0 Å². The van der Waals surface area contributed by atoms with E-state index < -0.39 is 5.92 Å². The average Bonchev–Trinajstić information content (AvgIpc) is 3.15. The fraction of sp³-hybridized carbons (Fsp3) is 0.238. The van der Waals surface area contributed by atoms with E-state index in [0.717, 1.165) is 22.6 Å². The van der Waals surface area contributed by atoms with Gasteiger partial charge in [0.25, 0.3) is 0 Å². The highest BCUT2D eigenvalue weighted by atomic mass is 16.2. The van der Waals surface area contributed by atoms with Crippen molar-refractivity contribution < 1.29 is 9.59 Å². The lowest BCUT2D eigenvalue weighted by molar-refractivity contribution is -0.131. The van der Waals surface area contributed by atoms with Crippen LogP contribution in [0.5, 0.6) is 0 Å². The van der Waals surface area contributed by atoms with Crippen molar-refractivity contribution in [1.82, 2.24) is 15.0 Å². The van der Waals surface area contributed by atoms with Gasteiger partial charge in [-0.15, -0.1) is 5.10 Å². The van der Waals surface area contributed by atoms with Crippen LogP contribution in [0, 0.1) is 5.92 Å². The van der Waals surface area contributed by atoms with Gasteiger partial charge < -0.3 is 9.80 Å². The number of nitrogens with zero attached hydrogens (tertiary/aromatic N) is 5. The van der Waals surface area contributed by atoms with Crippen molar-refractivity contribution in [3.63, 3.8) is 0 Å². The van der Waals surface area contributed by atoms with E-state index in [9.17, 15) is 9.59 Å². The molecule has 0 radical (unpaired) electrons. The van der Waals surface area contributed by atoms with Crippen LogP contribution in [0.4, 0.5) is 11.4 Å². The number of amides is 2. The predicted molar refractivity (Wildman–Crippen MR) is 106 cm³/mol. The molecule has 0 bridgehead atoms. The zero-order chi connectivity index (χ0) is 19.7. The summed E-state index contributed by atoms with van der Waals surface area (Å²) in [5.41, 5.74) is 3.28. The summed E-state index contributed by atoms with van der Waals surface area (Å²) in [6, 6.07) is 17.3. The van der Waals surface area contributed by atoms with E-state index in [4.69, 9.17) is 0 Å². The minimum absolute atomic E-state index is 0.228. The molecule has 1 aromatic heterocycles. The molecule has 0 aliphatic carbocycles. The van der Waals surface area contributed by atoms with Gasteiger partial charge in [0.1, 0.15) is 5.92 Å². The molecule has 7 heteroatoms. The molecule has 3 aromatic rings. The van der Waals surface area contributed by atoms with Gasteiger partial charge in [-0.3, -0.25) is 9.59 Å². The molecule has 142 valence electrons. The van der Waals surface area contributed by atoms with Gasteiger partial charge in [-0.2, -0.15) is 0 Å². The maximum atomic E-state index is 13.1. The monoisotopic (exact) mass is 375 g/mol. The average molecular weight is 375 g/mol. The second kappa shape index (κ2) is 7.26. The summed E-state index contributed by atoms with van der Waals surface area (Å²) in [6.45, 7) is 0.539. The molecule has 2 amide bonds. The van der Waals surface area contributed by atoms with Gasteiger partial charge in [-0.05, 0) is 17.7 Å². The summed E-state index contributed by atoms with van der Waals surface area (Å²) < 4.78 is 1.74. The van der Waals surface area contributed by atoms with Crippen molar-refractivity contribution in [2.75, 3.05) is 23.9 Å². The lowest BCUT2D eigenvalue weighted by atomic mass is 10.0. The van der Waals surface area contributed by atoms with Crippen molar-refractivity contribution >= 4 is 23.2 Å². The third-order valence-electron chi connectivity index (χ3n) is 5.15. The zero-order valence-electron chi connectivity index (χ0n) is 15.8. The van der Waals surface area contributed by atoms with E-state index in [1.807, 2.05) is 54.6 Å². The van der Waals surface area contributed by atoms with Crippen LogP contribution < -0.4 is 9.80 Å². The second-order valence-electron chi connectivity index (χ2n) is 6.91. The predicted octanol–water partition coefficient (Wildman–Crippen LogP) is 2.12. The first-order valence-corrected chi connectivity index (χ1v) is 9.11. The van der Waals surface area contributed by atoms with Crippen molar-refractivity contribution in [2.24, 2.45) is 5.92 Å². The zero-order valence-corrected chi connectivity index (χ0v) is 15.8. The number of para-hydroxylation sites is 2. The van der Waals surface area contributed by atoms with E-state index in [-0.39, 0.29) is 18.2 Å². The minimum Gasteiger partial charge on any atom is -0.313 e.